The second kappa shape index (κ2) is 3.65. The van der Waals surface area contributed by atoms with Crippen LogP contribution in [0.1, 0.15) is 12.5 Å². The minimum atomic E-state index is -0.668. The Morgan fingerprint density at radius 2 is 1.93 bits per heavy atom. The number of hydrogen-bond donors (Lipinski definition) is 1. The van der Waals surface area contributed by atoms with Gasteiger partial charge in [-0.1, -0.05) is 0 Å². The topological polar surface area (TPSA) is 57.4 Å². The maximum atomic E-state index is 5.67. The Morgan fingerprint density at radius 1 is 1.36 bits per heavy atom. The van der Waals surface area contributed by atoms with Crippen LogP contribution in [-0.2, 0) is 15.3 Å². The number of hydrogen-bond acceptors (Lipinski definition) is 4. The molecule has 0 aromatic carbocycles. The van der Waals surface area contributed by atoms with Gasteiger partial charge >= 0.3 is 0 Å². The van der Waals surface area contributed by atoms with Crippen LogP contribution in [0, 0.1) is 0 Å². The SMILES string of the molecule is CC1(c2ccncc2)OCC(N)CO1. The van der Waals surface area contributed by atoms with Crippen molar-refractivity contribution in [1.82, 2.24) is 4.98 Å². The predicted molar refractivity (Wildman–Crippen MR) is 51.5 cm³/mol. The van der Waals surface area contributed by atoms with E-state index in [9.17, 15) is 0 Å². The summed E-state index contributed by atoms with van der Waals surface area (Å²) in [6.45, 7) is 2.95. The van der Waals surface area contributed by atoms with Crippen LogP contribution in [0.2, 0.25) is 0 Å². The van der Waals surface area contributed by atoms with Crippen molar-refractivity contribution in [2.45, 2.75) is 18.8 Å². The lowest BCUT2D eigenvalue weighted by Gasteiger charge is -2.36. The van der Waals surface area contributed by atoms with E-state index in [1.807, 2.05) is 19.1 Å². The van der Waals surface area contributed by atoms with Crippen molar-refractivity contribution in [1.29, 1.82) is 0 Å². The van der Waals surface area contributed by atoms with Crippen molar-refractivity contribution >= 4 is 0 Å². The van der Waals surface area contributed by atoms with Crippen LogP contribution >= 0.6 is 0 Å². The molecule has 1 aromatic rings. The van der Waals surface area contributed by atoms with Crippen LogP contribution in [0.4, 0.5) is 0 Å². The molecule has 4 nitrogen and oxygen atoms in total. The Hall–Kier alpha value is -0.970. The van der Waals surface area contributed by atoms with Crippen molar-refractivity contribution in [3.05, 3.63) is 30.1 Å². The first kappa shape index (κ1) is 9.58. The summed E-state index contributed by atoms with van der Waals surface area (Å²) < 4.78 is 11.2. The molecule has 0 bridgehead atoms. The van der Waals surface area contributed by atoms with Gasteiger partial charge in [-0.15, -0.1) is 0 Å². The van der Waals surface area contributed by atoms with Crippen LogP contribution < -0.4 is 5.73 Å². The molecule has 2 heterocycles. The normalized spacial score (nSPS) is 32.9. The molecule has 0 saturated carbocycles. The molecule has 1 saturated heterocycles. The molecule has 1 aliphatic heterocycles. The fourth-order valence-electron chi connectivity index (χ4n) is 1.44. The quantitative estimate of drug-likeness (QED) is 0.712. The summed E-state index contributed by atoms with van der Waals surface area (Å²) in [7, 11) is 0. The minimum absolute atomic E-state index is 0.0232. The van der Waals surface area contributed by atoms with E-state index < -0.39 is 5.79 Å². The average molecular weight is 194 g/mol. The van der Waals surface area contributed by atoms with Gasteiger partial charge in [0.15, 0.2) is 5.79 Å². The molecule has 1 aliphatic rings. The molecule has 0 spiro atoms. The van der Waals surface area contributed by atoms with Gasteiger partial charge in [-0.05, 0) is 19.1 Å². The summed E-state index contributed by atoms with van der Waals surface area (Å²) in [5.41, 5.74) is 6.64. The number of rotatable bonds is 1. The molecular weight excluding hydrogens is 180 g/mol. The van der Waals surface area contributed by atoms with Gasteiger partial charge in [0.2, 0.25) is 0 Å². The molecule has 0 radical (unpaired) electrons. The Labute approximate surface area is 83.0 Å². The fraction of sp³-hybridized carbons (Fsp3) is 0.500. The largest absolute Gasteiger partial charge is 0.344 e. The number of pyridine rings is 1. The smallest absolute Gasteiger partial charge is 0.192 e. The van der Waals surface area contributed by atoms with Crippen molar-refractivity contribution in [3.63, 3.8) is 0 Å². The zero-order chi connectivity index (χ0) is 10.0. The van der Waals surface area contributed by atoms with Gasteiger partial charge in [0.1, 0.15) is 0 Å². The second-order valence-corrected chi connectivity index (χ2v) is 3.56. The summed E-state index contributed by atoms with van der Waals surface area (Å²) in [6, 6.07) is 3.75. The van der Waals surface area contributed by atoms with Crippen LogP contribution in [-0.4, -0.2) is 24.2 Å². The molecule has 0 amide bonds. The molecule has 4 heteroatoms. The highest BCUT2D eigenvalue weighted by molar-refractivity contribution is 5.16. The zero-order valence-corrected chi connectivity index (χ0v) is 8.14. The van der Waals surface area contributed by atoms with Gasteiger partial charge < -0.3 is 15.2 Å². The third-order valence-corrected chi connectivity index (χ3v) is 2.35. The number of aromatic nitrogens is 1. The lowest BCUT2D eigenvalue weighted by atomic mass is 10.1. The van der Waals surface area contributed by atoms with E-state index in [2.05, 4.69) is 4.98 Å². The van der Waals surface area contributed by atoms with Crippen molar-refractivity contribution < 1.29 is 9.47 Å². The molecule has 14 heavy (non-hydrogen) atoms. The second-order valence-electron chi connectivity index (χ2n) is 3.56. The molecule has 76 valence electrons. The molecule has 0 unspecified atom stereocenters. The van der Waals surface area contributed by atoms with Crippen LogP contribution in [0.25, 0.3) is 0 Å². The average Bonchev–Trinajstić information content (AvgIpc) is 2.24. The highest BCUT2D eigenvalue weighted by Gasteiger charge is 2.33. The van der Waals surface area contributed by atoms with Crippen molar-refractivity contribution in [2.24, 2.45) is 5.73 Å². The van der Waals surface area contributed by atoms with E-state index in [1.54, 1.807) is 12.4 Å². The monoisotopic (exact) mass is 194 g/mol. The summed E-state index contributed by atoms with van der Waals surface area (Å²) in [6.07, 6.45) is 3.45. The molecule has 2 rings (SSSR count). The van der Waals surface area contributed by atoms with E-state index in [1.165, 1.54) is 0 Å². The lowest BCUT2D eigenvalue weighted by molar-refractivity contribution is -0.270. The van der Waals surface area contributed by atoms with Crippen LogP contribution in [0.5, 0.6) is 0 Å². The van der Waals surface area contributed by atoms with E-state index in [0.717, 1.165) is 5.56 Å². The molecule has 1 fully saturated rings. The van der Waals surface area contributed by atoms with Gasteiger partial charge in [0.25, 0.3) is 0 Å². The Balaban J connectivity index is 2.17. The Morgan fingerprint density at radius 3 is 2.50 bits per heavy atom. The predicted octanol–water partition coefficient (Wildman–Crippen LogP) is 0.628. The van der Waals surface area contributed by atoms with Gasteiger partial charge in [0, 0.05) is 18.0 Å². The summed E-state index contributed by atoms with van der Waals surface area (Å²) in [5, 5.41) is 0. The lowest BCUT2D eigenvalue weighted by Crippen LogP contribution is -2.46. The number of nitrogens with two attached hydrogens (primary N) is 1. The third-order valence-electron chi connectivity index (χ3n) is 2.35. The van der Waals surface area contributed by atoms with Gasteiger partial charge in [-0.3, -0.25) is 4.98 Å². The third kappa shape index (κ3) is 1.77. The van der Waals surface area contributed by atoms with Crippen molar-refractivity contribution in [2.75, 3.05) is 13.2 Å². The van der Waals surface area contributed by atoms with Crippen LogP contribution in [0.15, 0.2) is 24.5 Å². The fourth-order valence-corrected chi connectivity index (χ4v) is 1.44. The highest BCUT2D eigenvalue weighted by atomic mass is 16.7. The molecule has 0 aliphatic carbocycles. The first-order valence-electron chi connectivity index (χ1n) is 4.65. The van der Waals surface area contributed by atoms with Crippen LogP contribution in [0.3, 0.4) is 0 Å². The van der Waals surface area contributed by atoms with Crippen molar-refractivity contribution in [3.8, 4) is 0 Å². The molecule has 2 N–H and O–H groups in total. The molecular formula is C10H14N2O2. The van der Waals surface area contributed by atoms with Gasteiger partial charge in [-0.25, -0.2) is 0 Å². The zero-order valence-electron chi connectivity index (χ0n) is 8.14. The van der Waals surface area contributed by atoms with E-state index in [0.29, 0.717) is 13.2 Å². The number of nitrogens with zero attached hydrogens (tertiary/aromatic N) is 1. The number of ether oxygens (including phenoxy) is 2. The maximum Gasteiger partial charge on any atom is 0.192 e. The summed E-state index contributed by atoms with van der Waals surface area (Å²) in [4.78, 5) is 3.95. The first-order valence-corrected chi connectivity index (χ1v) is 4.65. The maximum absolute atomic E-state index is 5.67. The highest BCUT2D eigenvalue weighted by Crippen LogP contribution is 2.29. The van der Waals surface area contributed by atoms with E-state index in [-0.39, 0.29) is 6.04 Å². The van der Waals surface area contributed by atoms with Gasteiger partial charge in [0.05, 0.1) is 19.3 Å². The Kier molecular flexibility index (Phi) is 2.50. The van der Waals surface area contributed by atoms with E-state index >= 15 is 0 Å². The first-order chi connectivity index (χ1) is 6.71. The molecule has 1 aromatic heterocycles. The minimum Gasteiger partial charge on any atom is -0.344 e. The molecule has 0 atom stereocenters. The van der Waals surface area contributed by atoms with Gasteiger partial charge in [-0.2, -0.15) is 0 Å². The standard InChI is InChI=1S/C10H14N2O2/c1-10(8-2-4-12-5-3-8)13-6-9(11)7-14-10/h2-5,9H,6-7,11H2,1H3. The summed E-state index contributed by atoms with van der Waals surface area (Å²) >= 11 is 0. The summed E-state index contributed by atoms with van der Waals surface area (Å²) in [5.74, 6) is -0.668. The van der Waals surface area contributed by atoms with E-state index in [4.69, 9.17) is 15.2 Å². The Bertz CT molecular complexity index is 294.